The van der Waals surface area contributed by atoms with Crippen LogP contribution in [0.5, 0.6) is 0 Å². The van der Waals surface area contributed by atoms with E-state index in [-0.39, 0.29) is 12.5 Å². The molecule has 2 heterocycles. The minimum absolute atomic E-state index is 0.169. The molecule has 8 nitrogen and oxygen atoms in total. The Balaban J connectivity index is 1.49. The fraction of sp³-hybridized carbons (Fsp3) is 0.318. The van der Waals surface area contributed by atoms with Gasteiger partial charge in [0, 0.05) is 5.69 Å². The number of hydrogen-bond acceptors (Lipinski definition) is 6. The van der Waals surface area contributed by atoms with Gasteiger partial charge < -0.3 is 5.32 Å². The number of anilines is 2. The molecule has 4 rings (SSSR count). The molecule has 30 heavy (non-hydrogen) atoms. The third-order valence-corrected chi connectivity index (χ3v) is 5.40. The fourth-order valence-electron chi connectivity index (χ4n) is 3.67. The van der Waals surface area contributed by atoms with Gasteiger partial charge in [0.1, 0.15) is 6.54 Å². The molecule has 0 unspecified atom stereocenters. The molecule has 8 heteroatoms. The molecule has 0 radical (unpaired) electrons. The maximum atomic E-state index is 13.0. The summed E-state index contributed by atoms with van der Waals surface area (Å²) in [5.41, 5.74) is 3.24. The fourth-order valence-corrected chi connectivity index (χ4v) is 3.67. The summed E-state index contributed by atoms with van der Waals surface area (Å²) in [5.74, 6) is -0.827. The predicted octanol–water partition coefficient (Wildman–Crippen LogP) is 3.05. The van der Waals surface area contributed by atoms with Crippen LogP contribution in [0.1, 0.15) is 30.9 Å². The van der Waals surface area contributed by atoms with Gasteiger partial charge in [0.15, 0.2) is 12.1 Å². The lowest BCUT2D eigenvalue weighted by Gasteiger charge is -2.20. The van der Waals surface area contributed by atoms with Gasteiger partial charge in [0.05, 0.1) is 5.69 Å². The molecule has 0 saturated carbocycles. The van der Waals surface area contributed by atoms with Crippen molar-refractivity contribution in [2.75, 3.05) is 16.8 Å². The van der Waals surface area contributed by atoms with Crippen molar-refractivity contribution >= 4 is 29.1 Å². The van der Waals surface area contributed by atoms with Crippen LogP contribution in [0.25, 0.3) is 0 Å². The van der Waals surface area contributed by atoms with Gasteiger partial charge in [0.2, 0.25) is 5.91 Å². The SMILES string of the molecule is Cc1ccccc1NC(=O)CN1N=N[C@@H]2C(=O)N(c3ccc(C(C)C)cc3)C(=O)[C@H]21. The van der Waals surface area contributed by atoms with E-state index in [4.69, 9.17) is 0 Å². The van der Waals surface area contributed by atoms with Crippen LogP contribution < -0.4 is 10.2 Å². The highest BCUT2D eigenvalue weighted by Crippen LogP contribution is 2.32. The Morgan fingerprint density at radius 3 is 2.43 bits per heavy atom. The van der Waals surface area contributed by atoms with Crippen molar-refractivity contribution in [3.63, 3.8) is 0 Å². The first-order valence-corrected chi connectivity index (χ1v) is 9.87. The third kappa shape index (κ3) is 3.45. The molecular weight excluding hydrogens is 382 g/mol. The zero-order chi connectivity index (χ0) is 21.4. The van der Waals surface area contributed by atoms with Crippen molar-refractivity contribution in [3.05, 3.63) is 59.7 Å². The highest BCUT2D eigenvalue weighted by Gasteiger charge is 2.55. The Labute approximate surface area is 174 Å². The number of rotatable bonds is 5. The largest absolute Gasteiger partial charge is 0.324 e. The number of benzene rings is 2. The van der Waals surface area contributed by atoms with Crippen LogP contribution in [-0.2, 0) is 14.4 Å². The van der Waals surface area contributed by atoms with Crippen molar-refractivity contribution in [2.45, 2.75) is 38.8 Å². The molecular formula is C22H23N5O3. The number of para-hydroxylation sites is 1. The zero-order valence-corrected chi connectivity index (χ0v) is 17.1. The van der Waals surface area contributed by atoms with E-state index in [9.17, 15) is 14.4 Å². The molecule has 1 N–H and O–H groups in total. The van der Waals surface area contributed by atoms with E-state index in [0.29, 0.717) is 17.3 Å². The van der Waals surface area contributed by atoms with Crippen molar-refractivity contribution in [1.29, 1.82) is 0 Å². The number of amides is 3. The molecule has 2 aromatic carbocycles. The number of hydrogen-bond donors (Lipinski definition) is 1. The third-order valence-electron chi connectivity index (χ3n) is 5.40. The lowest BCUT2D eigenvalue weighted by atomic mass is 10.0. The minimum atomic E-state index is -0.923. The summed E-state index contributed by atoms with van der Waals surface area (Å²) < 4.78 is 0. The van der Waals surface area contributed by atoms with Crippen molar-refractivity contribution in [3.8, 4) is 0 Å². The first kappa shape index (κ1) is 19.8. The van der Waals surface area contributed by atoms with Crippen LogP contribution >= 0.6 is 0 Å². The van der Waals surface area contributed by atoms with E-state index in [1.807, 2.05) is 37.3 Å². The smallest absolute Gasteiger partial charge is 0.263 e. The van der Waals surface area contributed by atoms with Gasteiger partial charge in [-0.05, 0) is 42.2 Å². The zero-order valence-electron chi connectivity index (χ0n) is 17.1. The second-order valence-corrected chi connectivity index (χ2v) is 7.81. The number of carbonyl (C=O) groups is 3. The first-order valence-electron chi connectivity index (χ1n) is 9.87. The summed E-state index contributed by atoms with van der Waals surface area (Å²) in [5, 5.41) is 12.0. The topological polar surface area (TPSA) is 94.4 Å². The molecule has 2 aliphatic heterocycles. The summed E-state index contributed by atoms with van der Waals surface area (Å²) in [7, 11) is 0. The van der Waals surface area contributed by atoms with Crippen LogP contribution in [0.2, 0.25) is 0 Å². The number of carbonyl (C=O) groups excluding carboxylic acids is 3. The van der Waals surface area contributed by atoms with Crippen LogP contribution in [0.15, 0.2) is 58.9 Å². The van der Waals surface area contributed by atoms with Crippen LogP contribution in [-0.4, -0.2) is 41.4 Å². The summed E-state index contributed by atoms with van der Waals surface area (Å²) in [4.78, 5) is 39.5. The van der Waals surface area contributed by atoms with E-state index in [0.717, 1.165) is 16.0 Å². The average Bonchev–Trinajstić information content (AvgIpc) is 3.23. The van der Waals surface area contributed by atoms with E-state index < -0.39 is 23.9 Å². The maximum absolute atomic E-state index is 13.0. The van der Waals surface area contributed by atoms with Crippen molar-refractivity contribution in [2.24, 2.45) is 10.3 Å². The molecule has 0 spiro atoms. The predicted molar refractivity (Wildman–Crippen MR) is 112 cm³/mol. The standard InChI is InChI=1S/C22H23N5O3/c1-13(2)15-8-10-16(11-9-15)27-21(29)19-20(22(27)30)26(25-24-19)12-18(28)23-17-7-5-4-6-14(17)3/h4-11,13,19-20H,12H2,1-3H3,(H,23,28)/t19-,20-/m0/s1. The molecule has 2 aliphatic rings. The molecule has 3 amide bonds. The molecule has 0 aliphatic carbocycles. The average molecular weight is 405 g/mol. The van der Waals surface area contributed by atoms with Crippen LogP contribution in [0.4, 0.5) is 11.4 Å². The van der Waals surface area contributed by atoms with Gasteiger partial charge in [0.25, 0.3) is 11.8 Å². The Hall–Kier alpha value is -3.55. The lowest BCUT2D eigenvalue weighted by molar-refractivity contribution is -0.123. The van der Waals surface area contributed by atoms with Gasteiger partial charge in [-0.15, -0.1) is 0 Å². The lowest BCUT2D eigenvalue weighted by Crippen LogP contribution is -2.43. The second-order valence-electron chi connectivity index (χ2n) is 7.81. The first-order chi connectivity index (χ1) is 14.4. The Morgan fingerprint density at radius 2 is 1.77 bits per heavy atom. The summed E-state index contributed by atoms with van der Waals surface area (Å²) >= 11 is 0. The summed E-state index contributed by atoms with van der Waals surface area (Å²) in [6, 6.07) is 12.9. The highest BCUT2D eigenvalue weighted by atomic mass is 16.2. The van der Waals surface area contributed by atoms with Crippen LogP contribution in [0.3, 0.4) is 0 Å². The Kier molecular flexibility index (Phi) is 5.07. The van der Waals surface area contributed by atoms with E-state index in [1.54, 1.807) is 18.2 Å². The number of imide groups is 1. The molecule has 1 fully saturated rings. The van der Waals surface area contributed by atoms with Crippen molar-refractivity contribution in [1.82, 2.24) is 5.01 Å². The number of nitrogens with zero attached hydrogens (tertiary/aromatic N) is 4. The summed E-state index contributed by atoms with van der Waals surface area (Å²) in [6.07, 6.45) is 0. The number of aryl methyl sites for hydroxylation is 1. The Morgan fingerprint density at radius 1 is 1.07 bits per heavy atom. The normalized spacial score (nSPS) is 20.3. The van der Waals surface area contributed by atoms with Gasteiger partial charge in [-0.1, -0.05) is 49.4 Å². The highest BCUT2D eigenvalue weighted by molar-refractivity contribution is 6.25. The van der Waals surface area contributed by atoms with Gasteiger partial charge in [-0.25, -0.2) is 4.90 Å². The van der Waals surface area contributed by atoms with Crippen molar-refractivity contribution < 1.29 is 14.4 Å². The van der Waals surface area contributed by atoms with E-state index >= 15 is 0 Å². The van der Waals surface area contributed by atoms with Gasteiger partial charge >= 0.3 is 0 Å². The molecule has 2 aromatic rings. The monoisotopic (exact) mass is 405 g/mol. The van der Waals surface area contributed by atoms with Crippen LogP contribution in [0, 0.1) is 6.92 Å². The van der Waals surface area contributed by atoms with Gasteiger partial charge in [-0.3, -0.25) is 19.4 Å². The minimum Gasteiger partial charge on any atom is -0.324 e. The van der Waals surface area contributed by atoms with Gasteiger partial charge in [-0.2, -0.15) is 5.11 Å². The second kappa shape index (κ2) is 7.70. The molecule has 154 valence electrons. The Bertz CT molecular complexity index is 1030. The van der Waals surface area contributed by atoms with E-state index in [2.05, 4.69) is 29.5 Å². The maximum Gasteiger partial charge on any atom is 0.263 e. The number of nitrogens with one attached hydrogen (secondary N) is 1. The quantitative estimate of drug-likeness (QED) is 0.774. The van der Waals surface area contributed by atoms with E-state index in [1.165, 1.54) is 5.01 Å². The molecule has 0 bridgehead atoms. The molecule has 0 aromatic heterocycles. The molecule has 2 atom stereocenters. The molecule has 1 saturated heterocycles. The number of fused-ring (bicyclic) bond motifs is 1. The summed E-state index contributed by atoms with van der Waals surface area (Å²) in [6.45, 7) is 5.87.